The lowest BCUT2D eigenvalue weighted by molar-refractivity contribution is -0.143. The molecule has 4 heteroatoms. The maximum atomic E-state index is 12.2. The van der Waals surface area contributed by atoms with Gasteiger partial charge >= 0.3 is 5.97 Å². The Bertz CT molecular complexity index is 1090. The summed E-state index contributed by atoms with van der Waals surface area (Å²) in [6.07, 6.45) is 0.650. The van der Waals surface area contributed by atoms with Crippen molar-refractivity contribution in [2.24, 2.45) is 0 Å². The van der Waals surface area contributed by atoms with Gasteiger partial charge in [-0.25, -0.2) is 9.78 Å². The van der Waals surface area contributed by atoms with Crippen molar-refractivity contribution in [1.82, 2.24) is 9.55 Å². The summed E-state index contributed by atoms with van der Waals surface area (Å²) in [7, 11) is 1.42. The Morgan fingerprint density at radius 3 is 2.62 bits per heavy atom. The lowest BCUT2D eigenvalue weighted by atomic mass is 10.0. The summed E-state index contributed by atoms with van der Waals surface area (Å²) in [5.74, 6) is 0.591. The second-order valence-electron chi connectivity index (χ2n) is 6.40. The van der Waals surface area contributed by atoms with Gasteiger partial charge in [0.05, 0.1) is 18.1 Å². The molecule has 0 radical (unpaired) electrons. The Morgan fingerprint density at radius 1 is 1.04 bits per heavy atom. The molecule has 0 spiro atoms. The largest absolute Gasteiger partial charge is 0.467 e. The van der Waals surface area contributed by atoms with Crippen LogP contribution < -0.4 is 0 Å². The van der Waals surface area contributed by atoms with Gasteiger partial charge in [0.15, 0.2) is 0 Å². The van der Waals surface area contributed by atoms with Crippen molar-refractivity contribution in [2.75, 3.05) is 7.11 Å². The van der Waals surface area contributed by atoms with Gasteiger partial charge < -0.3 is 9.30 Å². The predicted molar refractivity (Wildman–Crippen MR) is 103 cm³/mol. The van der Waals surface area contributed by atoms with Gasteiger partial charge in [-0.15, -0.1) is 0 Å². The fourth-order valence-corrected chi connectivity index (χ4v) is 3.54. The van der Waals surface area contributed by atoms with Gasteiger partial charge in [0.25, 0.3) is 0 Å². The summed E-state index contributed by atoms with van der Waals surface area (Å²) in [5, 5.41) is 2.41. The van der Waals surface area contributed by atoms with E-state index in [9.17, 15) is 4.79 Å². The maximum absolute atomic E-state index is 12.2. The zero-order valence-corrected chi connectivity index (χ0v) is 14.8. The van der Waals surface area contributed by atoms with Crippen LogP contribution in [-0.2, 0) is 16.0 Å². The number of rotatable bonds is 4. The molecule has 0 aliphatic carbocycles. The number of imidazole rings is 1. The molecule has 3 aromatic carbocycles. The molecule has 4 aromatic rings. The van der Waals surface area contributed by atoms with Gasteiger partial charge in [0.1, 0.15) is 11.9 Å². The molecule has 0 N–H and O–H groups in total. The van der Waals surface area contributed by atoms with E-state index in [0.29, 0.717) is 6.42 Å². The molecule has 0 bridgehead atoms. The molecule has 0 fully saturated rings. The number of methoxy groups -OCH3 is 1. The highest BCUT2D eigenvalue weighted by atomic mass is 16.5. The Morgan fingerprint density at radius 2 is 1.77 bits per heavy atom. The van der Waals surface area contributed by atoms with Gasteiger partial charge in [-0.3, -0.25) is 0 Å². The van der Waals surface area contributed by atoms with E-state index in [-0.39, 0.29) is 5.97 Å². The second-order valence-corrected chi connectivity index (χ2v) is 6.40. The predicted octanol–water partition coefficient (Wildman–Crippen LogP) is 4.51. The first kappa shape index (κ1) is 16.3. The van der Waals surface area contributed by atoms with E-state index in [4.69, 9.17) is 9.72 Å². The van der Waals surface area contributed by atoms with Crippen LogP contribution in [0.5, 0.6) is 0 Å². The average Bonchev–Trinajstić information content (AvgIpc) is 3.05. The third kappa shape index (κ3) is 2.73. The summed E-state index contributed by atoms with van der Waals surface area (Å²) < 4.78 is 6.96. The first-order valence-corrected chi connectivity index (χ1v) is 8.69. The first-order chi connectivity index (χ1) is 12.7. The van der Waals surface area contributed by atoms with Crippen molar-refractivity contribution in [2.45, 2.75) is 19.4 Å². The number of benzene rings is 3. The number of ether oxygens (including phenoxy) is 1. The van der Waals surface area contributed by atoms with Gasteiger partial charge in [-0.2, -0.15) is 0 Å². The topological polar surface area (TPSA) is 44.1 Å². The minimum absolute atomic E-state index is 0.271. The van der Waals surface area contributed by atoms with E-state index in [1.807, 2.05) is 47.9 Å². The standard InChI is InChI=1S/C22H20N2O2/c1-15(22(25)26-2)24-20-13-6-5-12-19(20)23-21(24)14-17-10-7-9-16-8-3-4-11-18(16)17/h3-13,15H,14H2,1-2H3/t15-/m1/s1. The highest BCUT2D eigenvalue weighted by molar-refractivity contribution is 5.86. The number of nitrogens with zero attached hydrogens (tertiary/aromatic N) is 2. The average molecular weight is 344 g/mol. The van der Waals surface area contributed by atoms with Gasteiger partial charge in [-0.05, 0) is 35.4 Å². The third-order valence-electron chi connectivity index (χ3n) is 4.83. The van der Waals surface area contributed by atoms with E-state index in [1.54, 1.807) is 0 Å². The van der Waals surface area contributed by atoms with Crippen molar-refractivity contribution in [3.63, 3.8) is 0 Å². The molecule has 0 saturated heterocycles. The number of carbonyl (C=O) groups is 1. The summed E-state index contributed by atoms with van der Waals surface area (Å²) in [5.41, 5.74) is 3.02. The zero-order chi connectivity index (χ0) is 18.1. The third-order valence-corrected chi connectivity index (χ3v) is 4.83. The summed E-state index contributed by atoms with van der Waals surface area (Å²) in [6.45, 7) is 1.85. The number of hydrogen-bond donors (Lipinski definition) is 0. The summed E-state index contributed by atoms with van der Waals surface area (Å²) >= 11 is 0. The molecule has 0 amide bonds. The van der Waals surface area contributed by atoms with Crippen molar-refractivity contribution in [3.8, 4) is 0 Å². The highest BCUT2D eigenvalue weighted by Crippen LogP contribution is 2.26. The quantitative estimate of drug-likeness (QED) is 0.512. The van der Waals surface area contributed by atoms with Crippen LogP contribution in [0, 0.1) is 0 Å². The van der Waals surface area contributed by atoms with Gasteiger partial charge in [-0.1, -0.05) is 54.6 Å². The lowest BCUT2D eigenvalue weighted by Gasteiger charge is -2.16. The first-order valence-electron chi connectivity index (χ1n) is 8.69. The van der Waals surface area contributed by atoms with E-state index < -0.39 is 6.04 Å². The molecule has 1 aromatic heterocycles. The Balaban J connectivity index is 1.87. The van der Waals surface area contributed by atoms with Crippen LogP contribution >= 0.6 is 0 Å². The number of esters is 1. The highest BCUT2D eigenvalue weighted by Gasteiger charge is 2.22. The van der Waals surface area contributed by atoms with Crippen LogP contribution in [0.25, 0.3) is 21.8 Å². The monoisotopic (exact) mass is 344 g/mol. The van der Waals surface area contributed by atoms with Crippen LogP contribution in [-0.4, -0.2) is 22.6 Å². The molecule has 0 unspecified atom stereocenters. The summed E-state index contributed by atoms with van der Waals surface area (Å²) in [6, 6.07) is 22.1. The van der Waals surface area contributed by atoms with Crippen molar-refractivity contribution in [1.29, 1.82) is 0 Å². The van der Waals surface area contributed by atoms with E-state index >= 15 is 0 Å². The summed E-state index contributed by atoms with van der Waals surface area (Å²) in [4.78, 5) is 17.0. The fourth-order valence-electron chi connectivity index (χ4n) is 3.54. The Hall–Kier alpha value is -3.14. The zero-order valence-electron chi connectivity index (χ0n) is 14.8. The normalized spacial score (nSPS) is 12.4. The number of hydrogen-bond acceptors (Lipinski definition) is 3. The van der Waals surface area contributed by atoms with Gasteiger partial charge in [0, 0.05) is 6.42 Å². The molecule has 4 rings (SSSR count). The minimum Gasteiger partial charge on any atom is -0.467 e. The second kappa shape index (κ2) is 6.64. The number of aromatic nitrogens is 2. The molecule has 0 saturated carbocycles. The molecule has 0 aliphatic heterocycles. The lowest BCUT2D eigenvalue weighted by Crippen LogP contribution is -2.20. The molecule has 130 valence electrons. The van der Waals surface area contributed by atoms with Crippen LogP contribution in [0.4, 0.5) is 0 Å². The molecule has 26 heavy (non-hydrogen) atoms. The molecule has 4 nitrogen and oxygen atoms in total. The fraction of sp³-hybridized carbons (Fsp3) is 0.182. The number of para-hydroxylation sites is 2. The Labute approximate surface area is 152 Å². The number of carbonyl (C=O) groups excluding carboxylic acids is 1. The SMILES string of the molecule is COC(=O)[C@@H](C)n1c(Cc2cccc3ccccc23)nc2ccccc21. The molecular formula is C22H20N2O2. The number of fused-ring (bicyclic) bond motifs is 2. The van der Waals surface area contributed by atoms with Crippen LogP contribution in [0.3, 0.4) is 0 Å². The Kier molecular flexibility index (Phi) is 4.17. The van der Waals surface area contributed by atoms with Crippen LogP contribution in [0.1, 0.15) is 24.4 Å². The van der Waals surface area contributed by atoms with Crippen molar-refractivity contribution in [3.05, 3.63) is 78.1 Å². The van der Waals surface area contributed by atoms with Crippen LogP contribution in [0.15, 0.2) is 66.7 Å². The van der Waals surface area contributed by atoms with E-state index in [2.05, 4.69) is 30.3 Å². The van der Waals surface area contributed by atoms with Crippen molar-refractivity contribution >= 4 is 27.8 Å². The maximum Gasteiger partial charge on any atom is 0.328 e. The van der Waals surface area contributed by atoms with Crippen molar-refractivity contribution < 1.29 is 9.53 Å². The van der Waals surface area contributed by atoms with Crippen LogP contribution in [0.2, 0.25) is 0 Å². The minimum atomic E-state index is -0.433. The van der Waals surface area contributed by atoms with E-state index in [1.165, 1.54) is 23.4 Å². The molecule has 1 heterocycles. The molecule has 1 atom stereocenters. The molecular weight excluding hydrogens is 324 g/mol. The smallest absolute Gasteiger partial charge is 0.328 e. The molecule has 0 aliphatic rings. The van der Waals surface area contributed by atoms with E-state index in [0.717, 1.165) is 16.9 Å². The van der Waals surface area contributed by atoms with Gasteiger partial charge in [0.2, 0.25) is 0 Å².